The smallest absolute Gasteiger partial charge is 0.0622 e. The zero-order valence-electron chi connectivity index (χ0n) is 16.5. The Hall–Kier alpha value is -3.21. The molecule has 0 saturated carbocycles. The average molecular weight is 413 g/mol. The van der Waals surface area contributed by atoms with Crippen molar-refractivity contribution < 1.29 is 0 Å². The van der Waals surface area contributed by atoms with E-state index >= 15 is 0 Å². The lowest BCUT2D eigenvalue weighted by molar-refractivity contribution is 1.60. The lowest BCUT2D eigenvalue weighted by Gasteiger charge is -2.26. The minimum Gasteiger partial charge on any atom is -0.0622 e. The quantitative estimate of drug-likeness (QED) is 0.337. The molecule has 0 amide bonds. The zero-order valence-corrected chi connectivity index (χ0v) is 18.5. The van der Waals surface area contributed by atoms with E-state index in [1.54, 1.807) is 0 Å². The first-order valence-corrected chi connectivity index (χ1v) is 12.1. The van der Waals surface area contributed by atoms with Crippen molar-refractivity contribution in [1.29, 1.82) is 0 Å². The van der Waals surface area contributed by atoms with E-state index in [1.165, 1.54) is 43.0 Å². The Kier molecular flexibility index (Phi) is 5.43. The van der Waals surface area contributed by atoms with Gasteiger partial charge in [-0.15, -0.1) is 0 Å². The Balaban J connectivity index is 1.72. The molecule has 0 bridgehead atoms. The van der Waals surface area contributed by atoms with Crippen LogP contribution >= 0.6 is 0 Å². The Bertz CT molecular complexity index is 999. The molecule has 0 nitrogen and oxygen atoms in total. The van der Waals surface area contributed by atoms with Crippen molar-refractivity contribution in [2.24, 2.45) is 0 Å². The van der Waals surface area contributed by atoms with Crippen molar-refractivity contribution in [3.05, 3.63) is 144 Å². The van der Waals surface area contributed by atoms with Crippen molar-refractivity contribution in [1.82, 2.24) is 0 Å². The fraction of sp³-hybridized carbons (Fsp3) is 0. The summed E-state index contributed by atoms with van der Waals surface area (Å²) in [4.78, 5) is 0. The van der Waals surface area contributed by atoms with E-state index < -0.39 is 0 Å². The van der Waals surface area contributed by atoms with E-state index in [-0.39, 0.29) is 0 Å². The number of hydrogen-bond donors (Lipinski definition) is 0. The highest BCUT2D eigenvalue weighted by Crippen LogP contribution is 2.39. The van der Waals surface area contributed by atoms with Crippen molar-refractivity contribution in [3.63, 3.8) is 0 Å². The highest BCUT2D eigenvalue weighted by Gasteiger charge is 2.25. The maximum absolute atomic E-state index is 2.26. The summed E-state index contributed by atoms with van der Waals surface area (Å²) in [7, 11) is 1.23. The SMILES string of the molecule is c1ccc(C2=C(c3ccccc3)[Si]C(c3ccccc3)=C(c3ccccc3)[Si]2)cc1. The van der Waals surface area contributed by atoms with Gasteiger partial charge in [0.05, 0.1) is 0 Å². The summed E-state index contributed by atoms with van der Waals surface area (Å²) in [6.45, 7) is 0. The number of benzene rings is 4. The molecule has 0 saturated heterocycles. The maximum atomic E-state index is 2.26. The second kappa shape index (κ2) is 8.66. The Morgan fingerprint density at radius 1 is 0.267 bits per heavy atom. The van der Waals surface area contributed by atoms with Crippen LogP contribution < -0.4 is 0 Å². The van der Waals surface area contributed by atoms with E-state index in [9.17, 15) is 0 Å². The molecule has 2 heteroatoms. The number of hydrogen-bond acceptors (Lipinski definition) is 0. The van der Waals surface area contributed by atoms with E-state index in [0.717, 1.165) is 0 Å². The first-order chi connectivity index (χ1) is 14.9. The van der Waals surface area contributed by atoms with Crippen LogP contribution in [0.2, 0.25) is 0 Å². The predicted molar refractivity (Wildman–Crippen MR) is 131 cm³/mol. The van der Waals surface area contributed by atoms with Gasteiger partial charge in [-0.3, -0.25) is 0 Å². The highest BCUT2D eigenvalue weighted by molar-refractivity contribution is 6.98. The molecule has 1 aliphatic heterocycles. The normalized spacial score (nSPS) is 14.1. The average Bonchev–Trinajstić information content (AvgIpc) is 2.85. The zero-order chi connectivity index (χ0) is 20.2. The molecule has 4 radical (unpaired) electrons. The van der Waals surface area contributed by atoms with Crippen LogP contribution in [0.1, 0.15) is 22.3 Å². The molecule has 4 aromatic rings. The van der Waals surface area contributed by atoms with Crippen LogP contribution in [-0.2, 0) is 0 Å². The molecule has 0 unspecified atom stereocenters. The summed E-state index contributed by atoms with van der Waals surface area (Å²) >= 11 is 0. The fourth-order valence-electron chi connectivity index (χ4n) is 3.79. The van der Waals surface area contributed by atoms with Crippen LogP contribution in [-0.4, -0.2) is 19.0 Å². The summed E-state index contributed by atoms with van der Waals surface area (Å²) in [5.74, 6) is 0. The van der Waals surface area contributed by atoms with Gasteiger partial charge in [-0.25, -0.2) is 0 Å². The van der Waals surface area contributed by atoms with Crippen molar-refractivity contribution in [2.45, 2.75) is 0 Å². The van der Waals surface area contributed by atoms with Gasteiger partial charge >= 0.3 is 0 Å². The van der Waals surface area contributed by atoms with Gasteiger partial charge < -0.3 is 0 Å². The molecule has 0 spiro atoms. The van der Waals surface area contributed by atoms with Crippen LogP contribution in [0, 0.1) is 0 Å². The third-order valence-corrected chi connectivity index (χ3v) is 8.90. The summed E-state index contributed by atoms with van der Waals surface area (Å²) in [6, 6.07) is 43.7. The number of rotatable bonds is 4. The van der Waals surface area contributed by atoms with Crippen molar-refractivity contribution >= 4 is 39.8 Å². The molecule has 140 valence electrons. The third-order valence-electron chi connectivity index (χ3n) is 5.25. The van der Waals surface area contributed by atoms with E-state index in [1.807, 2.05) is 0 Å². The van der Waals surface area contributed by atoms with E-state index in [4.69, 9.17) is 0 Å². The van der Waals surface area contributed by atoms with Crippen molar-refractivity contribution in [3.8, 4) is 0 Å². The summed E-state index contributed by atoms with van der Waals surface area (Å²) in [5.41, 5.74) is 5.34. The first kappa shape index (κ1) is 18.8. The first-order valence-electron chi connectivity index (χ1n) is 10.1. The molecule has 30 heavy (non-hydrogen) atoms. The second-order valence-corrected chi connectivity index (χ2v) is 9.71. The molecular weight excluding hydrogens is 392 g/mol. The molecule has 0 aromatic heterocycles. The van der Waals surface area contributed by atoms with Gasteiger partial charge in [-0.2, -0.15) is 0 Å². The highest BCUT2D eigenvalue weighted by atomic mass is 28.2. The molecule has 1 heterocycles. The lowest BCUT2D eigenvalue weighted by Crippen LogP contribution is -2.17. The fourth-order valence-corrected chi connectivity index (χ4v) is 7.36. The molecule has 0 N–H and O–H groups in total. The largest absolute Gasteiger partial charge is 0.122 e. The van der Waals surface area contributed by atoms with Crippen LogP contribution in [0.3, 0.4) is 0 Å². The predicted octanol–water partition coefficient (Wildman–Crippen LogP) is 6.46. The lowest BCUT2D eigenvalue weighted by atomic mass is 10.1. The van der Waals surface area contributed by atoms with Crippen LogP contribution in [0.5, 0.6) is 0 Å². The molecule has 4 aromatic carbocycles. The van der Waals surface area contributed by atoms with Gasteiger partial charge in [0.25, 0.3) is 0 Å². The van der Waals surface area contributed by atoms with Gasteiger partial charge in [0.1, 0.15) is 19.0 Å². The topological polar surface area (TPSA) is 0 Å². The van der Waals surface area contributed by atoms with Gasteiger partial charge in [0, 0.05) is 0 Å². The maximum Gasteiger partial charge on any atom is 0.122 e. The van der Waals surface area contributed by atoms with Gasteiger partial charge in [0.2, 0.25) is 0 Å². The van der Waals surface area contributed by atoms with Gasteiger partial charge in [-0.1, -0.05) is 142 Å². The van der Waals surface area contributed by atoms with Crippen LogP contribution in [0.4, 0.5) is 0 Å². The molecular formula is C28H20Si2. The summed E-state index contributed by atoms with van der Waals surface area (Å²) in [6.07, 6.45) is 0. The Labute approximate surface area is 183 Å². The second-order valence-electron chi connectivity index (χ2n) is 7.21. The standard InChI is InChI=1S/C28H20Si2/c1-5-13-21(14-6-1)25-26(22-15-7-2-8-16-22)30-28(24-19-11-4-12-20-24)27(29-25)23-17-9-3-10-18-23/h1-20H. The summed E-state index contributed by atoms with van der Waals surface area (Å²) in [5, 5.41) is 5.88. The molecule has 0 fully saturated rings. The monoisotopic (exact) mass is 412 g/mol. The molecule has 0 atom stereocenters. The Morgan fingerprint density at radius 2 is 0.467 bits per heavy atom. The molecule has 5 rings (SSSR count). The minimum absolute atomic E-state index is 0.617. The van der Waals surface area contributed by atoms with Crippen LogP contribution in [0.15, 0.2) is 121 Å². The minimum atomic E-state index is 0.617. The van der Waals surface area contributed by atoms with Crippen molar-refractivity contribution in [2.75, 3.05) is 0 Å². The molecule has 0 aliphatic carbocycles. The van der Waals surface area contributed by atoms with Gasteiger partial charge in [-0.05, 0) is 22.3 Å². The van der Waals surface area contributed by atoms with Crippen LogP contribution in [0.25, 0.3) is 20.8 Å². The Morgan fingerprint density at radius 3 is 0.667 bits per heavy atom. The van der Waals surface area contributed by atoms with E-state index in [0.29, 0.717) is 19.0 Å². The van der Waals surface area contributed by atoms with Gasteiger partial charge in [0.15, 0.2) is 0 Å². The van der Waals surface area contributed by atoms with E-state index in [2.05, 4.69) is 121 Å². The third kappa shape index (κ3) is 3.80. The molecule has 1 aliphatic rings. The summed E-state index contributed by atoms with van der Waals surface area (Å²) < 4.78 is 0.